The lowest BCUT2D eigenvalue weighted by atomic mass is 9.85. The molecule has 3 rings (SSSR count). The van der Waals surface area contributed by atoms with Crippen LogP contribution in [0.5, 0.6) is 5.75 Å². The van der Waals surface area contributed by atoms with E-state index in [0.29, 0.717) is 30.9 Å². The largest absolute Gasteiger partial charge is 0.494 e. The minimum absolute atomic E-state index is 0.356. The molecule has 1 aliphatic carbocycles. The number of imide groups is 1. The van der Waals surface area contributed by atoms with Crippen molar-refractivity contribution in [2.45, 2.75) is 45.8 Å². The van der Waals surface area contributed by atoms with Gasteiger partial charge in [0.05, 0.1) is 18.4 Å². The van der Waals surface area contributed by atoms with Gasteiger partial charge in [-0.1, -0.05) is 12.2 Å². The molecule has 1 saturated heterocycles. The van der Waals surface area contributed by atoms with E-state index in [1.54, 1.807) is 24.3 Å². The Bertz CT molecular complexity index is 837. The smallest absolute Gasteiger partial charge is 0.329 e. The number of rotatable bonds is 7. The molecule has 1 heterocycles. The molecule has 8 heteroatoms. The van der Waals surface area contributed by atoms with Crippen LogP contribution < -0.4 is 10.1 Å². The fourth-order valence-electron chi connectivity index (χ4n) is 3.68. The first kappa shape index (κ1) is 21.5. The predicted octanol–water partition coefficient (Wildman–Crippen LogP) is 2.30. The van der Waals surface area contributed by atoms with Crippen LogP contribution in [0.3, 0.4) is 0 Å². The number of amides is 3. The molecule has 0 saturated carbocycles. The Morgan fingerprint density at radius 3 is 2.17 bits per heavy atom. The summed E-state index contributed by atoms with van der Waals surface area (Å²) in [6.45, 7) is 5.30. The first-order valence-corrected chi connectivity index (χ1v) is 10.1. The SMILES string of the molecule is CCOc1ccc(NC(=O)[C@H](C)OC(=O)[C@H](C)N2C(=O)[C@H]3CC=CC[C@H]3C2=O)cc1. The van der Waals surface area contributed by atoms with Crippen LogP contribution in [0.4, 0.5) is 5.69 Å². The summed E-state index contributed by atoms with van der Waals surface area (Å²) in [6.07, 6.45) is 3.66. The third-order valence-electron chi connectivity index (χ3n) is 5.37. The van der Waals surface area contributed by atoms with Gasteiger partial charge >= 0.3 is 5.97 Å². The maximum atomic E-state index is 12.6. The summed E-state index contributed by atoms with van der Waals surface area (Å²) < 4.78 is 10.6. The molecular weight excluding hydrogens is 388 g/mol. The van der Waals surface area contributed by atoms with Crippen LogP contribution in [0, 0.1) is 11.8 Å². The molecule has 3 amide bonds. The maximum absolute atomic E-state index is 12.6. The third kappa shape index (κ3) is 4.37. The number of allylic oxidation sites excluding steroid dienone is 2. The summed E-state index contributed by atoms with van der Waals surface area (Å²) in [5.74, 6) is -2.18. The molecule has 0 spiro atoms. The molecule has 4 atom stereocenters. The average Bonchev–Trinajstić information content (AvgIpc) is 2.99. The highest BCUT2D eigenvalue weighted by molar-refractivity contribution is 6.08. The summed E-state index contributed by atoms with van der Waals surface area (Å²) in [4.78, 5) is 51.1. The quantitative estimate of drug-likeness (QED) is 0.417. The number of anilines is 1. The van der Waals surface area contributed by atoms with Crippen molar-refractivity contribution < 1.29 is 28.7 Å². The van der Waals surface area contributed by atoms with E-state index in [0.717, 1.165) is 4.90 Å². The van der Waals surface area contributed by atoms with Gasteiger partial charge < -0.3 is 14.8 Å². The van der Waals surface area contributed by atoms with Gasteiger partial charge in [0.2, 0.25) is 11.8 Å². The second-order valence-electron chi connectivity index (χ2n) is 7.40. The van der Waals surface area contributed by atoms with Crippen LogP contribution in [-0.2, 0) is 23.9 Å². The highest BCUT2D eigenvalue weighted by Crippen LogP contribution is 2.36. The fraction of sp³-hybridized carbons (Fsp3) is 0.455. The summed E-state index contributed by atoms with van der Waals surface area (Å²) in [5, 5.41) is 2.66. The molecule has 8 nitrogen and oxygen atoms in total. The molecule has 1 N–H and O–H groups in total. The number of hydrogen-bond acceptors (Lipinski definition) is 6. The molecule has 1 aromatic rings. The van der Waals surface area contributed by atoms with E-state index < -0.39 is 35.9 Å². The van der Waals surface area contributed by atoms with Crippen molar-refractivity contribution in [3.05, 3.63) is 36.4 Å². The molecule has 1 fully saturated rings. The van der Waals surface area contributed by atoms with Crippen molar-refractivity contribution in [1.29, 1.82) is 0 Å². The average molecular weight is 414 g/mol. The normalized spacial score (nSPS) is 22.3. The van der Waals surface area contributed by atoms with Crippen molar-refractivity contribution in [3.63, 3.8) is 0 Å². The Hall–Kier alpha value is -3.16. The van der Waals surface area contributed by atoms with E-state index >= 15 is 0 Å². The number of carbonyl (C=O) groups excluding carboxylic acids is 4. The second kappa shape index (κ2) is 9.11. The molecule has 0 radical (unpaired) electrons. The van der Waals surface area contributed by atoms with Gasteiger partial charge in [0.1, 0.15) is 11.8 Å². The number of likely N-dealkylation sites (tertiary alicyclic amines) is 1. The van der Waals surface area contributed by atoms with Gasteiger partial charge in [-0.3, -0.25) is 19.3 Å². The van der Waals surface area contributed by atoms with Gasteiger partial charge in [0.25, 0.3) is 5.91 Å². The Morgan fingerprint density at radius 1 is 1.07 bits per heavy atom. The Morgan fingerprint density at radius 2 is 1.63 bits per heavy atom. The Balaban J connectivity index is 1.57. The van der Waals surface area contributed by atoms with Crippen molar-refractivity contribution in [2.75, 3.05) is 11.9 Å². The Kier molecular flexibility index (Phi) is 6.54. The van der Waals surface area contributed by atoms with Crippen molar-refractivity contribution in [3.8, 4) is 5.75 Å². The second-order valence-corrected chi connectivity index (χ2v) is 7.40. The fourth-order valence-corrected chi connectivity index (χ4v) is 3.68. The van der Waals surface area contributed by atoms with E-state index in [9.17, 15) is 19.2 Å². The van der Waals surface area contributed by atoms with E-state index in [-0.39, 0.29) is 11.8 Å². The van der Waals surface area contributed by atoms with Gasteiger partial charge in [0, 0.05) is 5.69 Å². The zero-order chi connectivity index (χ0) is 21.8. The first-order chi connectivity index (χ1) is 14.3. The van der Waals surface area contributed by atoms with E-state index in [4.69, 9.17) is 9.47 Å². The molecule has 1 aliphatic heterocycles. The molecule has 0 unspecified atom stereocenters. The van der Waals surface area contributed by atoms with Crippen LogP contribution in [0.1, 0.15) is 33.6 Å². The monoisotopic (exact) mass is 414 g/mol. The molecule has 0 bridgehead atoms. The zero-order valence-corrected chi connectivity index (χ0v) is 17.3. The number of esters is 1. The van der Waals surface area contributed by atoms with Crippen molar-refractivity contribution in [2.24, 2.45) is 11.8 Å². The Labute approximate surface area is 175 Å². The molecular formula is C22H26N2O6. The number of hydrogen-bond donors (Lipinski definition) is 1. The lowest BCUT2D eigenvalue weighted by Gasteiger charge is -2.23. The molecule has 1 aromatic carbocycles. The van der Waals surface area contributed by atoms with Crippen molar-refractivity contribution >= 4 is 29.4 Å². The van der Waals surface area contributed by atoms with Crippen LogP contribution in [-0.4, -0.2) is 47.3 Å². The lowest BCUT2D eigenvalue weighted by Crippen LogP contribution is -2.46. The molecule has 30 heavy (non-hydrogen) atoms. The van der Waals surface area contributed by atoms with Crippen LogP contribution in [0.2, 0.25) is 0 Å². The molecule has 0 aromatic heterocycles. The van der Waals surface area contributed by atoms with E-state index in [1.807, 2.05) is 19.1 Å². The summed E-state index contributed by atoms with van der Waals surface area (Å²) >= 11 is 0. The van der Waals surface area contributed by atoms with Crippen LogP contribution in [0.15, 0.2) is 36.4 Å². The maximum Gasteiger partial charge on any atom is 0.329 e. The number of ether oxygens (including phenoxy) is 2. The number of carbonyl (C=O) groups is 4. The lowest BCUT2D eigenvalue weighted by molar-refractivity contribution is -0.163. The summed E-state index contributed by atoms with van der Waals surface area (Å²) in [7, 11) is 0. The predicted molar refractivity (Wildman–Crippen MR) is 108 cm³/mol. The first-order valence-electron chi connectivity index (χ1n) is 10.1. The van der Waals surface area contributed by atoms with Crippen molar-refractivity contribution in [1.82, 2.24) is 4.90 Å². The van der Waals surface area contributed by atoms with Gasteiger partial charge in [0.15, 0.2) is 6.10 Å². The van der Waals surface area contributed by atoms with Gasteiger partial charge in [-0.05, 0) is 57.9 Å². The molecule has 2 aliphatic rings. The topological polar surface area (TPSA) is 102 Å². The van der Waals surface area contributed by atoms with E-state index in [1.165, 1.54) is 13.8 Å². The highest BCUT2D eigenvalue weighted by Gasteiger charge is 2.50. The third-order valence-corrected chi connectivity index (χ3v) is 5.37. The van der Waals surface area contributed by atoms with Gasteiger partial charge in [-0.15, -0.1) is 0 Å². The number of fused-ring (bicyclic) bond motifs is 1. The standard InChI is InChI=1S/C22H26N2O6/c1-4-29-16-11-9-15(10-12-16)23-19(25)14(3)30-22(28)13(2)24-20(26)17-7-5-6-8-18(17)21(24)27/h5-6,9-14,17-18H,4,7-8H2,1-3H3,(H,23,25)/t13-,14-,17-,18+/m0/s1. The number of benzene rings is 1. The van der Waals surface area contributed by atoms with Gasteiger partial charge in [-0.2, -0.15) is 0 Å². The van der Waals surface area contributed by atoms with Crippen LogP contribution in [0.25, 0.3) is 0 Å². The minimum Gasteiger partial charge on any atom is -0.494 e. The summed E-state index contributed by atoms with van der Waals surface area (Å²) in [5.41, 5.74) is 0.529. The highest BCUT2D eigenvalue weighted by atomic mass is 16.5. The zero-order valence-electron chi connectivity index (χ0n) is 17.3. The summed E-state index contributed by atoms with van der Waals surface area (Å²) in [6, 6.07) is 5.71. The van der Waals surface area contributed by atoms with Gasteiger partial charge in [-0.25, -0.2) is 4.79 Å². The number of nitrogens with one attached hydrogen (secondary N) is 1. The number of nitrogens with zero attached hydrogens (tertiary/aromatic N) is 1. The minimum atomic E-state index is -1.09. The molecule has 160 valence electrons. The van der Waals surface area contributed by atoms with E-state index in [2.05, 4.69) is 5.32 Å². The van der Waals surface area contributed by atoms with Crippen LogP contribution >= 0.6 is 0 Å².